The Kier molecular flexibility index (Phi) is 16.9. The summed E-state index contributed by atoms with van der Waals surface area (Å²) in [5.74, 6) is -36.5. The van der Waals surface area contributed by atoms with E-state index in [1.807, 2.05) is 0 Å². The SMILES string of the molecule is O=C(N1CCCCCC1)C(F)(F)S(=O)(=O)NS(=O)(=O)C(F)(F)C(F)(F)C(F)(F)C(F)(F)F.O=C(N1CCCCCC1)C(F)(F)S(=O)(=O)NS(=O)(=O)C(F)(F)C(F)(F)C(F)(F)C(F)(F)F. The second-order valence-electron chi connectivity index (χ2n) is 13.0. The fourth-order valence-electron chi connectivity index (χ4n) is 4.70. The lowest BCUT2D eigenvalue weighted by atomic mass is 10.1. The van der Waals surface area contributed by atoms with Gasteiger partial charge in [-0.15, -0.1) is 0 Å². The van der Waals surface area contributed by atoms with Crippen molar-refractivity contribution in [2.45, 2.75) is 108 Å². The van der Waals surface area contributed by atoms with E-state index in [1.165, 1.54) is 0 Å². The number of halogens is 22. The monoisotopic (exact) mass is 1080 g/mol. The molecule has 2 N–H and O–H groups in total. The highest BCUT2D eigenvalue weighted by molar-refractivity contribution is 8.06. The second kappa shape index (κ2) is 18.3. The number of likely N-dealkylation sites (tertiary alicyclic amines) is 2. The van der Waals surface area contributed by atoms with Crippen LogP contribution < -0.4 is 8.25 Å². The predicted molar refractivity (Wildman–Crippen MR) is 164 cm³/mol. The van der Waals surface area contributed by atoms with Gasteiger partial charge in [0.2, 0.25) is 0 Å². The third kappa shape index (κ3) is 10.6. The lowest BCUT2D eigenvalue weighted by Gasteiger charge is -2.33. The molecule has 64 heavy (non-hydrogen) atoms. The van der Waals surface area contributed by atoms with Gasteiger partial charge in [-0.05, 0) is 25.7 Å². The molecular weight excluding hydrogens is 1050 g/mol. The quantitative estimate of drug-likeness (QED) is 0.215. The number of sulfonamides is 4. The van der Waals surface area contributed by atoms with E-state index in [0.717, 1.165) is 0 Å². The van der Waals surface area contributed by atoms with Crippen LogP contribution in [0.1, 0.15) is 51.4 Å². The van der Waals surface area contributed by atoms with Gasteiger partial charge in [0.25, 0.3) is 20.0 Å². The summed E-state index contributed by atoms with van der Waals surface area (Å²) >= 11 is 0. The molecule has 40 heteroatoms. The Morgan fingerprint density at radius 1 is 0.328 bits per heavy atom. The zero-order valence-corrected chi connectivity index (χ0v) is 33.7. The van der Waals surface area contributed by atoms with Gasteiger partial charge in [-0.25, -0.2) is 33.7 Å². The van der Waals surface area contributed by atoms with Gasteiger partial charge in [0.1, 0.15) is 0 Å². The number of nitrogens with one attached hydrogen (secondary N) is 2. The topological polar surface area (TPSA) is 201 Å². The highest BCUT2D eigenvalue weighted by Gasteiger charge is 2.87. The molecule has 0 aromatic carbocycles. The van der Waals surface area contributed by atoms with Crippen LogP contribution in [0.5, 0.6) is 0 Å². The van der Waals surface area contributed by atoms with Gasteiger partial charge in [-0.1, -0.05) is 33.9 Å². The molecule has 2 amide bonds. The van der Waals surface area contributed by atoms with E-state index in [0.29, 0.717) is 25.7 Å². The summed E-state index contributed by atoms with van der Waals surface area (Å²) in [4.78, 5) is 24.0. The van der Waals surface area contributed by atoms with Gasteiger partial charge in [0, 0.05) is 26.2 Å². The average molecular weight is 1080 g/mol. The zero-order chi connectivity index (χ0) is 51.2. The van der Waals surface area contributed by atoms with Crippen molar-refractivity contribution >= 4 is 51.9 Å². The molecule has 0 aliphatic carbocycles. The Morgan fingerprint density at radius 2 is 0.531 bits per heavy atom. The lowest BCUT2D eigenvalue weighted by molar-refractivity contribution is -0.382. The molecule has 2 fully saturated rings. The van der Waals surface area contributed by atoms with Gasteiger partial charge in [-0.2, -0.15) is 96.6 Å². The molecule has 0 bridgehead atoms. The molecule has 2 heterocycles. The van der Waals surface area contributed by atoms with Crippen LogP contribution in [-0.4, -0.2) is 139 Å². The highest BCUT2D eigenvalue weighted by Crippen LogP contribution is 2.56. The van der Waals surface area contributed by atoms with Crippen LogP contribution in [0.25, 0.3) is 0 Å². The first-order valence-electron chi connectivity index (χ1n) is 16.2. The molecule has 2 aliphatic heterocycles. The summed E-state index contributed by atoms with van der Waals surface area (Å²) in [6.07, 6.45) is -13.0. The number of amides is 2. The molecule has 0 spiro atoms. The van der Waals surface area contributed by atoms with Crippen LogP contribution in [-0.2, 0) is 49.7 Å². The Morgan fingerprint density at radius 3 is 0.719 bits per heavy atom. The number of carbonyl (C=O) groups excluding carboxylic acids is 2. The standard InChI is InChI=1S/2C12H13F11N2O5S2/c2*13-8(14,7(26)25-5-3-1-2-4-6-25)31(27,28)24-32(29,30)12(22,23)10(17,18)9(15,16)11(19,20)21/h2*24H,1-6H2. The normalized spacial score (nSPS) is 18.4. The highest BCUT2D eigenvalue weighted by atomic mass is 32.3. The molecule has 0 saturated carbocycles. The molecule has 380 valence electrons. The van der Waals surface area contributed by atoms with Crippen molar-refractivity contribution in [3.8, 4) is 0 Å². The fourth-order valence-corrected chi connectivity index (χ4v) is 10.3. The van der Waals surface area contributed by atoms with Crippen molar-refractivity contribution in [1.82, 2.24) is 18.1 Å². The molecule has 2 aliphatic rings. The third-order valence-electron chi connectivity index (χ3n) is 8.31. The Labute approximate surface area is 344 Å². The van der Waals surface area contributed by atoms with E-state index in [-0.39, 0.29) is 35.5 Å². The smallest absolute Gasteiger partial charge is 0.336 e. The summed E-state index contributed by atoms with van der Waals surface area (Å²) in [5.41, 5.74) is 0. The Hall–Kier alpha value is -2.88. The number of hydrogen-bond donors (Lipinski definition) is 2. The Bertz CT molecular complexity index is 2000. The number of carbonyl (C=O) groups is 2. The van der Waals surface area contributed by atoms with Crippen molar-refractivity contribution in [3.05, 3.63) is 0 Å². The van der Waals surface area contributed by atoms with Gasteiger partial charge in [0.05, 0.1) is 0 Å². The maximum atomic E-state index is 14.1. The van der Waals surface area contributed by atoms with Crippen LogP contribution in [0.2, 0.25) is 0 Å². The van der Waals surface area contributed by atoms with E-state index in [1.54, 1.807) is 0 Å². The lowest BCUT2D eigenvalue weighted by Crippen LogP contribution is -2.66. The van der Waals surface area contributed by atoms with E-state index in [2.05, 4.69) is 0 Å². The largest absolute Gasteiger partial charge is 0.460 e. The van der Waals surface area contributed by atoms with E-state index < -0.39 is 143 Å². The van der Waals surface area contributed by atoms with Crippen LogP contribution in [0.3, 0.4) is 0 Å². The minimum atomic E-state index is -7.93. The number of alkyl halides is 22. The fraction of sp³-hybridized carbons (Fsp3) is 0.917. The minimum Gasteiger partial charge on any atom is -0.336 e. The first-order chi connectivity index (χ1) is 27.9. The van der Waals surface area contributed by atoms with Crippen LogP contribution in [0, 0.1) is 0 Å². The second-order valence-corrected chi connectivity index (χ2v) is 20.4. The molecule has 0 atom stereocenters. The summed E-state index contributed by atoms with van der Waals surface area (Å²) in [7, 11) is -30.3. The van der Waals surface area contributed by atoms with Crippen LogP contribution in [0.4, 0.5) is 96.6 Å². The van der Waals surface area contributed by atoms with Gasteiger partial charge >= 0.3 is 88.9 Å². The minimum absolute atomic E-state index is 0.0738. The van der Waals surface area contributed by atoms with Crippen molar-refractivity contribution in [1.29, 1.82) is 0 Å². The van der Waals surface area contributed by atoms with Crippen LogP contribution in [0.15, 0.2) is 0 Å². The molecule has 14 nitrogen and oxygen atoms in total. The van der Waals surface area contributed by atoms with Crippen molar-refractivity contribution in [2.24, 2.45) is 0 Å². The van der Waals surface area contributed by atoms with E-state index >= 15 is 0 Å². The van der Waals surface area contributed by atoms with Crippen molar-refractivity contribution in [3.63, 3.8) is 0 Å². The first-order valence-corrected chi connectivity index (χ1v) is 22.2. The first kappa shape index (κ1) is 59.1. The zero-order valence-electron chi connectivity index (χ0n) is 30.4. The van der Waals surface area contributed by atoms with Crippen molar-refractivity contribution in [2.75, 3.05) is 26.2 Å². The number of hydrogen-bond acceptors (Lipinski definition) is 10. The molecule has 2 rings (SSSR count). The summed E-state index contributed by atoms with van der Waals surface area (Å²) in [6, 6.07) is 0. The summed E-state index contributed by atoms with van der Waals surface area (Å²) in [5, 5.41) is -27.0. The van der Waals surface area contributed by atoms with E-state index in [4.69, 9.17) is 0 Å². The molecular formula is C24H26F22N4O10S4. The van der Waals surface area contributed by atoms with Gasteiger partial charge in [0.15, 0.2) is 0 Å². The van der Waals surface area contributed by atoms with Crippen molar-refractivity contribution < 1.29 is 140 Å². The number of nitrogens with zero attached hydrogens (tertiary/aromatic N) is 2. The summed E-state index contributed by atoms with van der Waals surface area (Å²) < 4.78 is 377. The molecule has 0 unspecified atom stereocenters. The maximum Gasteiger partial charge on any atom is 0.460 e. The number of rotatable bonds is 14. The molecule has 0 radical (unpaired) electrons. The van der Waals surface area contributed by atoms with E-state index in [9.17, 15) is 140 Å². The van der Waals surface area contributed by atoms with Crippen LogP contribution >= 0.6 is 0 Å². The third-order valence-corrected chi connectivity index (χ3v) is 15.4. The summed E-state index contributed by atoms with van der Waals surface area (Å²) in [6.45, 7) is -1.93. The maximum absolute atomic E-state index is 14.1. The molecule has 2 saturated heterocycles. The predicted octanol–water partition coefficient (Wildman–Crippen LogP) is 5.31. The van der Waals surface area contributed by atoms with Gasteiger partial charge in [-0.3, -0.25) is 9.59 Å². The average Bonchev–Trinajstić information content (AvgIpc) is 3.55. The Balaban J connectivity index is 0.000000640. The van der Waals surface area contributed by atoms with Gasteiger partial charge < -0.3 is 9.80 Å². The molecule has 0 aromatic heterocycles. The molecule has 0 aromatic rings.